The molecule has 1 aromatic carbocycles. The Hall–Kier alpha value is -2.47. The van der Waals surface area contributed by atoms with Crippen molar-refractivity contribution < 1.29 is 4.79 Å². The van der Waals surface area contributed by atoms with Crippen LogP contribution in [0.4, 0.5) is 5.69 Å². The molecule has 1 aromatic heterocycles. The Morgan fingerprint density at radius 1 is 1.32 bits per heavy atom. The number of hydrogen-bond acceptors (Lipinski definition) is 3. The van der Waals surface area contributed by atoms with Crippen LogP contribution in [0.15, 0.2) is 47.4 Å². The summed E-state index contributed by atoms with van der Waals surface area (Å²) in [4.78, 5) is 24.0. The molecule has 0 atom stereocenters. The second-order valence-electron chi connectivity index (χ2n) is 4.98. The number of nitrogens with one attached hydrogen (secondary N) is 1. The number of carbonyl (C=O) groups excluding carboxylic acids is 1. The zero-order valence-electron chi connectivity index (χ0n) is 12.2. The molecule has 0 aliphatic heterocycles. The number of nitrogens with zero attached hydrogens (tertiary/aromatic N) is 1. The third-order valence-corrected chi connectivity index (χ3v) is 3.40. The number of aryl methyl sites for hydroxylation is 2. The Morgan fingerprint density at radius 3 is 2.77 bits per heavy atom. The fourth-order valence-corrected chi connectivity index (χ4v) is 2.11. The Balaban J connectivity index is 1.97. The minimum Gasteiger partial charge on any atom is -0.389 e. The molecular weight excluding hydrogens is 298 g/mol. The van der Waals surface area contributed by atoms with Crippen molar-refractivity contribution in [3.8, 4) is 0 Å². The molecule has 1 amide bonds. The summed E-state index contributed by atoms with van der Waals surface area (Å²) in [6.07, 6.45) is 1.90. The van der Waals surface area contributed by atoms with Crippen LogP contribution in [0.25, 0.3) is 0 Å². The van der Waals surface area contributed by atoms with Crippen molar-refractivity contribution >= 4 is 28.8 Å². The number of hydrogen-bond donors (Lipinski definition) is 2. The van der Waals surface area contributed by atoms with E-state index in [9.17, 15) is 9.59 Å². The topological polar surface area (TPSA) is 77.1 Å². The zero-order valence-corrected chi connectivity index (χ0v) is 13.0. The summed E-state index contributed by atoms with van der Waals surface area (Å²) in [5.41, 5.74) is 7.68. The largest absolute Gasteiger partial charge is 0.389 e. The lowest BCUT2D eigenvalue weighted by Gasteiger charge is -2.08. The molecule has 0 aliphatic carbocycles. The lowest BCUT2D eigenvalue weighted by molar-refractivity contribution is -0.116. The van der Waals surface area contributed by atoms with Crippen molar-refractivity contribution in [3.05, 3.63) is 64.1 Å². The first kappa shape index (κ1) is 15.9. The first-order valence-electron chi connectivity index (χ1n) is 6.82. The molecule has 22 heavy (non-hydrogen) atoms. The third-order valence-electron chi connectivity index (χ3n) is 3.16. The summed E-state index contributed by atoms with van der Waals surface area (Å²) >= 11 is 4.90. The van der Waals surface area contributed by atoms with E-state index in [-0.39, 0.29) is 22.9 Å². The van der Waals surface area contributed by atoms with Crippen LogP contribution in [-0.4, -0.2) is 15.5 Å². The number of aromatic nitrogens is 1. The van der Waals surface area contributed by atoms with Crippen LogP contribution in [0.5, 0.6) is 0 Å². The van der Waals surface area contributed by atoms with Crippen LogP contribution in [0.3, 0.4) is 0 Å². The highest BCUT2D eigenvalue weighted by Gasteiger charge is 2.05. The van der Waals surface area contributed by atoms with Crippen molar-refractivity contribution in [2.24, 2.45) is 5.73 Å². The van der Waals surface area contributed by atoms with Gasteiger partial charge in [-0.25, -0.2) is 0 Å². The van der Waals surface area contributed by atoms with Gasteiger partial charge in [0.25, 0.3) is 5.56 Å². The number of amides is 1. The molecule has 0 saturated heterocycles. The summed E-state index contributed by atoms with van der Waals surface area (Å²) < 4.78 is 1.51. The normalized spacial score (nSPS) is 10.2. The Kier molecular flexibility index (Phi) is 5.06. The van der Waals surface area contributed by atoms with Gasteiger partial charge in [-0.15, -0.1) is 0 Å². The SMILES string of the molecule is Cc1ccn(CCC(=O)Nc2cccc(C(N)=S)c2)c(=O)c1. The van der Waals surface area contributed by atoms with Crippen molar-refractivity contribution in [3.63, 3.8) is 0 Å². The summed E-state index contributed by atoms with van der Waals surface area (Å²) in [5, 5.41) is 2.77. The minimum atomic E-state index is -0.174. The summed E-state index contributed by atoms with van der Waals surface area (Å²) in [6.45, 7) is 2.19. The molecule has 0 bridgehead atoms. The zero-order chi connectivity index (χ0) is 16.1. The first-order chi connectivity index (χ1) is 10.5. The van der Waals surface area contributed by atoms with E-state index in [1.807, 2.05) is 13.0 Å². The molecule has 0 spiro atoms. The van der Waals surface area contributed by atoms with Gasteiger partial charge in [-0.3, -0.25) is 9.59 Å². The Labute approximate surface area is 133 Å². The van der Waals surface area contributed by atoms with E-state index >= 15 is 0 Å². The summed E-state index contributed by atoms with van der Waals surface area (Å²) in [5.74, 6) is -0.174. The van der Waals surface area contributed by atoms with E-state index in [2.05, 4.69) is 5.32 Å². The molecule has 1 heterocycles. The molecular formula is C16H17N3O2S. The van der Waals surface area contributed by atoms with E-state index < -0.39 is 0 Å². The average molecular weight is 315 g/mol. The number of carbonyl (C=O) groups is 1. The smallest absolute Gasteiger partial charge is 0.250 e. The number of anilines is 1. The second-order valence-corrected chi connectivity index (χ2v) is 5.42. The quantitative estimate of drug-likeness (QED) is 0.825. The second kappa shape index (κ2) is 7.00. The van der Waals surface area contributed by atoms with Crippen LogP contribution >= 0.6 is 12.2 Å². The van der Waals surface area contributed by atoms with Gasteiger partial charge >= 0.3 is 0 Å². The monoisotopic (exact) mass is 315 g/mol. The van der Waals surface area contributed by atoms with Crippen LogP contribution in [-0.2, 0) is 11.3 Å². The molecule has 3 N–H and O–H groups in total. The number of pyridine rings is 1. The van der Waals surface area contributed by atoms with Gasteiger partial charge in [0.1, 0.15) is 4.99 Å². The van der Waals surface area contributed by atoms with Gasteiger partial charge in [-0.2, -0.15) is 0 Å². The number of benzene rings is 1. The van der Waals surface area contributed by atoms with Gasteiger partial charge in [0.05, 0.1) is 0 Å². The molecule has 0 fully saturated rings. The van der Waals surface area contributed by atoms with Gasteiger partial charge in [0, 0.05) is 36.5 Å². The predicted octanol–water partition coefficient (Wildman–Crippen LogP) is 1.82. The summed E-state index contributed by atoms with van der Waals surface area (Å²) in [7, 11) is 0. The van der Waals surface area contributed by atoms with E-state index in [1.165, 1.54) is 4.57 Å². The third kappa shape index (κ3) is 4.26. The molecule has 0 radical (unpaired) electrons. The van der Waals surface area contributed by atoms with Crippen molar-refractivity contribution in [1.29, 1.82) is 0 Å². The molecule has 0 saturated carbocycles. The van der Waals surface area contributed by atoms with Gasteiger partial charge in [0.15, 0.2) is 0 Å². The molecule has 114 valence electrons. The van der Waals surface area contributed by atoms with E-state index in [0.29, 0.717) is 17.8 Å². The standard InChI is InChI=1S/C16H17N3O2S/c1-11-5-7-19(15(21)9-11)8-6-14(20)18-13-4-2-3-12(10-13)16(17)22/h2-5,7,9-10H,6,8H2,1H3,(H2,17,22)(H,18,20). The average Bonchev–Trinajstić information content (AvgIpc) is 2.46. The maximum absolute atomic E-state index is 12.0. The lowest BCUT2D eigenvalue weighted by Crippen LogP contribution is -2.22. The highest BCUT2D eigenvalue weighted by atomic mass is 32.1. The highest BCUT2D eigenvalue weighted by Crippen LogP contribution is 2.11. The van der Waals surface area contributed by atoms with Crippen LogP contribution in [0.1, 0.15) is 17.5 Å². The van der Waals surface area contributed by atoms with Gasteiger partial charge < -0.3 is 15.6 Å². The maximum atomic E-state index is 12.0. The van der Waals surface area contributed by atoms with E-state index in [0.717, 1.165) is 5.56 Å². The predicted molar refractivity (Wildman–Crippen MR) is 91.0 cm³/mol. The highest BCUT2D eigenvalue weighted by molar-refractivity contribution is 7.80. The van der Waals surface area contributed by atoms with Crippen LogP contribution < -0.4 is 16.6 Å². The molecule has 2 rings (SSSR count). The molecule has 6 heteroatoms. The number of thiocarbonyl (C=S) groups is 1. The van der Waals surface area contributed by atoms with Crippen molar-refractivity contribution in [2.45, 2.75) is 19.9 Å². The molecule has 5 nitrogen and oxygen atoms in total. The van der Waals surface area contributed by atoms with Crippen LogP contribution in [0, 0.1) is 6.92 Å². The number of rotatable bonds is 5. The molecule has 2 aromatic rings. The van der Waals surface area contributed by atoms with Crippen molar-refractivity contribution in [2.75, 3.05) is 5.32 Å². The van der Waals surface area contributed by atoms with E-state index in [4.69, 9.17) is 18.0 Å². The van der Waals surface area contributed by atoms with Gasteiger partial charge in [-0.1, -0.05) is 24.4 Å². The Morgan fingerprint density at radius 2 is 2.09 bits per heavy atom. The van der Waals surface area contributed by atoms with Gasteiger partial charge in [-0.05, 0) is 30.7 Å². The van der Waals surface area contributed by atoms with Crippen LogP contribution in [0.2, 0.25) is 0 Å². The molecule has 0 unspecified atom stereocenters. The fraction of sp³-hybridized carbons (Fsp3) is 0.188. The number of nitrogens with two attached hydrogens (primary N) is 1. The first-order valence-corrected chi connectivity index (χ1v) is 7.23. The molecule has 0 aliphatic rings. The lowest BCUT2D eigenvalue weighted by atomic mass is 10.2. The Bertz CT molecular complexity index is 768. The fourth-order valence-electron chi connectivity index (χ4n) is 1.99. The maximum Gasteiger partial charge on any atom is 0.250 e. The van der Waals surface area contributed by atoms with Gasteiger partial charge in [0.2, 0.25) is 5.91 Å². The van der Waals surface area contributed by atoms with Crippen molar-refractivity contribution in [1.82, 2.24) is 4.57 Å². The minimum absolute atomic E-state index is 0.108. The summed E-state index contributed by atoms with van der Waals surface area (Å²) in [6, 6.07) is 10.4. The van der Waals surface area contributed by atoms with E-state index in [1.54, 1.807) is 36.5 Å².